The Hall–Kier alpha value is -1.70. The van der Waals surface area contributed by atoms with E-state index in [-0.39, 0.29) is 12.1 Å². The molecule has 0 heterocycles. The van der Waals surface area contributed by atoms with Crippen LogP contribution in [0.3, 0.4) is 0 Å². The Balaban J connectivity index is 2.51. The Bertz CT molecular complexity index is 841. The van der Waals surface area contributed by atoms with Crippen LogP contribution in [0.25, 0.3) is 0 Å². The van der Waals surface area contributed by atoms with Gasteiger partial charge in [0.15, 0.2) is 11.6 Å². The van der Waals surface area contributed by atoms with E-state index >= 15 is 0 Å². The Morgan fingerprint density at radius 1 is 0.500 bits per heavy atom. The molecule has 0 aliphatic heterocycles. The van der Waals surface area contributed by atoms with Crippen LogP contribution in [0.5, 0.6) is 0 Å². The summed E-state index contributed by atoms with van der Waals surface area (Å²) in [6, 6.07) is -0.708. The minimum absolute atomic E-state index is 0.354. The van der Waals surface area contributed by atoms with Gasteiger partial charge >= 0.3 is 12.4 Å². The van der Waals surface area contributed by atoms with Gasteiger partial charge in [0.1, 0.15) is 34.4 Å². The second-order valence-corrected chi connectivity index (χ2v) is 7.03. The second-order valence-electron chi connectivity index (χ2n) is 4.88. The highest BCUT2D eigenvalue weighted by Gasteiger charge is 2.41. The third kappa shape index (κ3) is 4.31. The van der Waals surface area contributed by atoms with Crippen LogP contribution in [0.1, 0.15) is 11.1 Å². The standard InChI is InChI=1S/C14H2F12S2/c15-3-1-5(17)11(9(19)7(3)13(21,22)23)27-28-12-6(18)2-4(16)8(10(12)20)14(24,25)26/h1-2H. The number of benzene rings is 2. The molecule has 0 spiro atoms. The molecule has 0 nitrogen and oxygen atoms in total. The number of hydrogen-bond donors (Lipinski definition) is 0. The van der Waals surface area contributed by atoms with Gasteiger partial charge in [0.25, 0.3) is 0 Å². The molecule has 14 heteroatoms. The fraction of sp³-hybridized carbons (Fsp3) is 0.143. The fourth-order valence-corrected chi connectivity index (χ4v) is 4.11. The van der Waals surface area contributed by atoms with Crippen LogP contribution in [0.4, 0.5) is 52.7 Å². The topological polar surface area (TPSA) is 0 Å². The summed E-state index contributed by atoms with van der Waals surface area (Å²) in [6.07, 6.45) is -11.2. The van der Waals surface area contributed by atoms with Gasteiger partial charge in [-0.1, -0.05) is 0 Å². The first kappa shape index (κ1) is 22.6. The van der Waals surface area contributed by atoms with Gasteiger partial charge in [0.05, 0.1) is 9.79 Å². The van der Waals surface area contributed by atoms with Gasteiger partial charge in [0.2, 0.25) is 0 Å². The minimum atomic E-state index is -5.60. The van der Waals surface area contributed by atoms with E-state index in [2.05, 4.69) is 0 Å². The molecule has 0 unspecified atom stereocenters. The van der Waals surface area contributed by atoms with Crippen molar-refractivity contribution >= 4 is 21.6 Å². The molecule has 0 radical (unpaired) electrons. The van der Waals surface area contributed by atoms with E-state index < -0.39 is 89.8 Å². The highest BCUT2D eigenvalue weighted by Crippen LogP contribution is 2.47. The van der Waals surface area contributed by atoms with Crippen molar-refractivity contribution in [2.75, 3.05) is 0 Å². The molecule has 28 heavy (non-hydrogen) atoms. The summed E-state index contributed by atoms with van der Waals surface area (Å²) in [7, 11) is -0.901. The molecule has 0 bridgehead atoms. The number of rotatable bonds is 3. The lowest BCUT2D eigenvalue weighted by Crippen LogP contribution is -2.13. The molecule has 2 aromatic carbocycles. The maximum atomic E-state index is 13.9. The molecule has 0 fully saturated rings. The molecule has 0 N–H and O–H groups in total. The van der Waals surface area contributed by atoms with Gasteiger partial charge in [-0.15, -0.1) is 0 Å². The van der Waals surface area contributed by atoms with E-state index in [0.717, 1.165) is 0 Å². The third-order valence-electron chi connectivity index (χ3n) is 3.03. The maximum absolute atomic E-state index is 13.9. The first-order chi connectivity index (χ1) is 12.7. The molecule has 2 rings (SSSR count). The van der Waals surface area contributed by atoms with Crippen LogP contribution in [0, 0.1) is 34.9 Å². The van der Waals surface area contributed by atoms with E-state index in [1.54, 1.807) is 0 Å². The average molecular weight is 462 g/mol. The SMILES string of the molecule is Fc1cc(F)c(C(F)(F)F)c(F)c1SSc1c(F)cc(F)c(C(F)(F)F)c1F. The van der Waals surface area contributed by atoms with E-state index in [0.29, 0.717) is 0 Å². The van der Waals surface area contributed by atoms with Gasteiger partial charge in [-0.3, -0.25) is 0 Å². The molecule has 0 saturated carbocycles. The lowest BCUT2D eigenvalue weighted by molar-refractivity contribution is -0.143. The van der Waals surface area contributed by atoms with E-state index in [1.807, 2.05) is 0 Å². The minimum Gasteiger partial charge on any atom is -0.206 e. The van der Waals surface area contributed by atoms with Crippen LogP contribution in [-0.2, 0) is 12.4 Å². The van der Waals surface area contributed by atoms with Gasteiger partial charge < -0.3 is 0 Å². The molecule has 0 aliphatic rings. The van der Waals surface area contributed by atoms with Gasteiger partial charge in [-0.25, -0.2) is 26.3 Å². The normalized spacial score (nSPS) is 12.6. The second kappa shape index (κ2) is 7.61. The van der Waals surface area contributed by atoms with Crippen molar-refractivity contribution in [1.29, 1.82) is 0 Å². The first-order valence-corrected chi connectivity index (χ1v) is 8.65. The fourth-order valence-electron chi connectivity index (χ4n) is 1.90. The van der Waals surface area contributed by atoms with Crippen molar-refractivity contribution < 1.29 is 52.7 Å². The van der Waals surface area contributed by atoms with Crippen molar-refractivity contribution in [3.63, 3.8) is 0 Å². The van der Waals surface area contributed by atoms with Crippen molar-refractivity contribution in [1.82, 2.24) is 0 Å². The van der Waals surface area contributed by atoms with Crippen molar-refractivity contribution in [2.45, 2.75) is 22.1 Å². The van der Waals surface area contributed by atoms with E-state index in [4.69, 9.17) is 0 Å². The molecule has 0 aliphatic carbocycles. The van der Waals surface area contributed by atoms with Crippen LogP contribution >= 0.6 is 21.6 Å². The first-order valence-electron chi connectivity index (χ1n) is 6.50. The highest BCUT2D eigenvalue weighted by atomic mass is 33.1. The summed E-state index contributed by atoms with van der Waals surface area (Å²) >= 11 is 0. The molecular formula is C14H2F12S2. The molecule has 2 aromatic rings. The lowest BCUT2D eigenvalue weighted by Gasteiger charge is -2.14. The number of hydrogen-bond acceptors (Lipinski definition) is 2. The summed E-state index contributed by atoms with van der Waals surface area (Å²) in [5.74, 6) is -13.4. The Morgan fingerprint density at radius 2 is 0.786 bits per heavy atom. The van der Waals surface area contributed by atoms with Crippen LogP contribution in [0.2, 0.25) is 0 Å². The summed E-state index contributed by atoms with van der Waals surface area (Å²) in [6.45, 7) is 0. The molecule has 0 saturated heterocycles. The predicted octanol–water partition coefficient (Wildman–Crippen LogP) is 7.36. The number of halogens is 12. The van der Waals surface area contributed by atoms with Gasteiger partial charge in [0, 0.05) is 12.1 Å². The summed E-state index contributed by atoms with van der Waals surface area (Å²) in [5, 5.41) is 0. The number of alkyl halides is 6. The van der Waals surface area contributed by atoms with Crippen molar-refractivity contribution in [2.24, 2.45) is 0 Å². The predicted molar refractivity (Wildman–Crippen MR) is 74.4 cm³/mol. The average Bonchev–Trinajstić information content (AvgIpc) is 2.45. The van der Waals surface area contributed by atoms with Crippen molar-refractivity contribution in [3.8, 4) is 0 Å². The van der Waals surface area contributed by atoms with Crippen LogP contribution in [0.15, 0.2) is 21.9 Å². The largest absolute Gasteiger partial charge is 0.422 e. The van der Waals surface area contributed by atoms with E-state index in [9.17, 15) is 52.7 Å². The smallest absolute Gasteiger partial charge is 0.206 e. The van der Waals surface area contributed by atoms with Gasteiger partial charge in [-0.2, -0.15) is 26.3 Å². The maximum Gasteiger partial charge on any atom is 0.422 e. The highest BCUT2D eigenvalue weighted by molar-refractivity contribution is 8.76. The lowest BCUT2D eigenvalue weighted by atomic mass is 10.2. The molecule has 0 atom stereocenters. The zero-order chi connectivity index (χ0) is 21.6. The quantitative estimate of drug-likeness (QED) is 0.345. The van der Waals surface area contributed by atoms with Crippen LogP contribution in [-0.4, -0.2) is 0 Å². The zero-order valence-electron chi connectivity index (χ0n) is 12.5. The summed E-state index contributed by atoms with van der Waals surface area (Å²) in [5.41, 5.74) is -5.01. The van der Waals surface area contributed by atoms with E-state index in [1.165, 1.54) is 0 Å². The Kier molecular flexibility index (Phi) is 6.14. The monoisotopic (exact) mass is 462 g/mol. The van der Waals surface area contributed by atoms with Gasteiger partial charge in [-0.05, 0) is 21.6 Å². The zero-order valence-corrected chi connectivity index (χ0v) is 14.1. The molecule has 0 amide bonds. The van der Waals surface area contributed by atoms with Crippen LogP contribution < -0.4 is 0 Å². The third-order valence-corrected chi connectivity index (χ3v) is 5.45. The molecular weight excluding hydrogens is 460 g/mol. The Labute approximate surface area is 155 Å². The molecule has 154 valence electrons. The Morgan fingerprint density at radius 3 is 1.04 bits per heavy atom. The summed E-state index contributed by atoms with van der Waals surface area (Å²) in [4.78, 5) is -3.15. The molecule has 0 aromatic heterocycles. The van der Waals surface area contributed by atoms with Crippen molar-refractivity contribution in [3.05, 3.63) is 58.2 Å². The summed E-state index contributed by atoms with van der Waals surface area (Å²) < 4.78 is 157.